The van der Waals surface area contributed by atoms with E-state index < -0.39 is 41.2 Å². The molecule has 0 saturated carbocycles. The van der Waals surface area contributed by atoms with Crippen molar-refractivity contribution in [1.29, 1.82) is 0 Å². The second kappa shape index (κ2) is 10.1. The maximum atomic E-state index is 13.7. The van der Waals surface area contributed by atoms with Gasteiger partial charge in [0, 0.05) is 16.8 Å². The third-order valence-electron chi connectivity index (χ3n) is 4.96. The van der Waals surface area contributed by atoms with Crippen molar-refractivity contribution in [2.75, 3.05) is 11.9 Å². The molecule has 0 atom stereocenters. The van der Waals surface area contributed by atoms with Gasteiger partial charge in [-0.05, 0) is 55.0 Å². The van der Waals surface area contributed by atoms with E-state index in [9.17, 15) is 22.8 Å². The molecule has 11 heteroatoms. The van der Waals surface area contributed by atoms with Gasteiger partial charge >= 0.3 is 6.18 Å². The number of carbonyl (C=O) groups is 1. The first-order chi connectivity index (χ1) is 17.0. The number of nitrogens with one attached hydrogen (secondary N) is 1. The van der Waals surface area contributed by atoms with Gasteiger partial charge in [-0.15, -0.1) is 0 Å². The molecule has 0 unspecified atom stereocenters. The Bertz CT molecular complexity index is 1520. The number of hydrogen-bond acceptors (Lipinski definition) is 5. The van der Waals surface area contributed by atoms with E-state index in [0.29, 0.717) is 10.7 Å². The number of halogens is 5. The number of aryl methyl sites for hydroxylation is 1. The largest absolute Gasteiger partial charge is 0.484 e. The van der Waals surface area contributed by atoms with E-state index in [-0.39, 0.29) is 21.9 Å². The molecule has 0 spiro atoms. The summed E-state index contributed by atoms with van der Waals surface area (Å²) in [4.78, 5) is 25.2. The SMILES string of the molecule is Cc1cc(Cl)ccc1NC(=O)COc1ccc2c(=O)c(Oc3ccccc3Cl)c(C(F)(F)F)oc2c1. The normalized spacial score (nSPS) is 11.4. The molecule has 1 heterocycles. The van der Waals surface area contributed by atoms with Crippen LogP contribution in [-0.2, 0) is 11.0 Å². The minimum absolute atomic E-state index is 0.0148. The maximum Gasteiger partial charge on any atom is 0.453 e. The number of para-hydroxylation sites is 1. The lowest BCUT2D eigenvalue weighted by Gasteiger charge is -2.14. The number of ether oxygens (including phenoxy) is 2. The van der Waals surface area contributed by atoms with Gasteiger partial charge in [0.2, 0.25) is 11.2 Å². The summed E-state index contributed by atoms with van der Waals surface area (Å²) >= 11 is 11.9. The number of amides is 1. The number of carbonyl (C=O) groups excluding carboxylic acids is 1. The maximum absolute atomic E-state index is 13.7. The van der Waals surface area contributed by atoms with Crippen LogP contribution in [0.25, 0.3) is 11.0 Å². The number of benzene rings is 3. The molecule has 0 fully saturated rings. The molecule has 0 saturated heterocycles. The average molecular weight is 538 g/mol. The van der Waals surface area contributed by atoms with Crippen LogP contribution in [-0.4, -0.2) is 12.5 Å². The van der Waals surface area contributed by atoms with Crippen molar-refractivity contribution in [3.63, 3.8) is 0 Å². The standard InChI is InChI=1S/C25H16Cl2F3NO5/c1-13-10-14(26)6-9-18(13)31-21(32)12-34-15-7-8-16-20(11-15)36-24(25(28,29)30)23(22(16)33)35-19-5-3-2-4-17(19)27/h2-11H,12H2,1H3,(H,31,32). The van der Waals surface area contributed by atoms with E-state index in [2.05, 4.69) is 5.32 Å². The fourth-order valence-corrected chi connectivity index (χ4v) is 3.67. The van der Waals surface area contributed by atoms with Crippen LogP contribution in [0.4, 0.5) is 18.9 Å². The lowest BCUT2D eigenvalue weighted by molar-refractivity contribution is -0.154. The molecule has 0 bridgehead atoms. The Labute approximate surface area is 212 Å². The predicted octanol–water partition coefficient (Wildman–Crippen LogP) is 7.24. The number of anilines is 1. The first-order valence-electron chi connectivity index (χ1n) is 10.3. The first kappa shape index (κ1) is 25.4. The molecular weight excluding hydrogens is 522 g/mol. The number of fused-ring (bicyclic) bond motifs is 1. The molecule has 1 aromatic heterocycles. The smallest absolute Gasteiger partial charge is 0.453 e. The highest BCUT2D eigenvalue weighted by molar-refractivity contribution is 6.32. The molecule has 4 aromatic rings. The summed E-state index contributed by atoms with van der Waals surface area (Å²) in [5.74, 6) is -3.32. The zero-order valence-corrected chi connectivity index (χ0v) is 19.9. The van der Waals surface area contributed by atoms with Crippen LogP contribution < -0.4 is 20.2 Å². The number of alkyl halides is 3. The first-order valence-corrected chi connectivity index (χ1v) is 11.1. The van der Waals surface area contributed by atoms with Crippen LogP contribution >= 0.6 is 23.2 Å². The summed E-state index contributed by atoms with van der Waals surface area (Å²) in [6.45, 7) is 1.31. The summed E-state index contributed by atoms with van der Waals surface area (Å²) < 4.78 is 56.9. The Morgan fingerprint density at radius 1 is 1.06 bits per heavy atom. The van der Waals surface area contributed by atoms with Gasteiger partial charge < -0.3 is 19.2 Å². The predicted molar refractivity (Wildman–Crippen MR) is 129 cm³/mol. The van der Waals surface area contributed by atoms with Gasteiger partial charge in [-0.3, -0.25) is 9.59 Å². The molecule has 1 amide bonds. The fourth-order valence-electron chi connectivity index (χ4n) is 3.27. The van der Waals surface area contributed by atoms with E-state index in [1.807, 2.05) is 0 Å². The van der Waals surface area contributed by atoms with Gasteiger partial charge in [-0.1, -0.05) is 35.3 Å². The van der Waals surface area contributed by atoms with Crippen LogP contribution in [0.3, 0.4) is 0 Å². The van der Waals surface area contributed by atoms with E-state index >= 15 is 0 Å². The van der Waals surface area contributed by atoms with Crippen LogP contribution in [0.2, 0.25) is 10.0 Å². The average Bonchev–Trinajstić information content (AvgIpc) is 2.81. The van der Waals surface area contributed by atoms with Crippen molar-refractivity contribution in [1.82, 2.24) is 0 Å². The van der Waals surface area contributed by atoms with E-state index in [1.165, 1.54) is 30.3 Å². The highest BCUT2D eigenvalue weighted by atomic mass is 35.5. The summed E-state index contributed by atoms with van der Waals surface area (Å²) in [6, 6.07) is 14.3. The quantitative estimate of drug-likeness (QED) is 0.280. The molecule has 186 valence electrons. The van der Waals surface area contributed by atoms with Gasteiger partial charge in [-0.2, -0.15) is 13.2 Å². The Morgan fingerprint density at radius 3 is 2.50 bits per heavy atom. The summed E-state index contributed by atoms with van der Waals surface area (Å²) in [5, 5.41) is 2.99. The fraction of sp³-hybridized carbons (Fsp3) is 0.120. The lowest BCUT2D eigenvalue weighted by atomic mass is 10.2. The van der Waals surface area contributed by atoms with Crippen molar-refractivity contribution < 1.29 is 31.9 Å². The van der Waals surface area contributed by atoms with E-state index in [0.717, 1.165) is 11.6 Å². The van der Waals surface area contributed by atoms with Crippen LogP contribution in [0.5, 0.6) is 17.2 Å². The Balaban J connectivity index is 1.61. The zero-order valence-electron chi connectivity index (χ0n) is 18.4. The molecule has 3 aromatic carbocycles. The Kier molecular flexibility index (Phi) is 7.14. The summed E-state index contributed by atoms with van der Waals surface area (Å²) in [6.07, 6.45) is -5.04. The van der Waals surface area contributed by atoms with Gasteiger partial charge in [0.1, 0.15) is 17.1 Å². The van der Waals surface area contributed by atoms with Crippen LogP contribution in [0, 0.1) is 6.92 Å². The topological polar surface area (TPSA) is 77.8 Å². The third kappa shape index (κ3) is 5.58. The highest BCUT2D eigenvalue weighted by Gasteiger charge is 2.40. The van der Waals surface area contributed by atoms with E-state index in [1.54, 1.807) is 31.2 Å². The second-order valence-electron chi connectivity index (χ2n) is 7.57. The molecule has 0 aliphatic rings. The molecule has 4 rings (SSSR count). The van der Waals surface area contributed by atoms with E-state index in [4.69, 9.17) is 37.1 Å². The number of rotatable bonds is 6. The van der Waals surface area contributed by atoms with Crippen molar-refractivity contribution >= 4 is 45.8 Å². The third-order valence-corrected chi connectivity index (χ3v) is 5.51. The minimum atomic E-state index is -5.04. The summed E-state index contributed by atoms with van der Waals surface area (Å²) in [7, 11) is 0. The van der Waals surface area contributed by atoms with Gasteiger partial charge in [0.15, 0.2) is 6.61 Å². The molecular formula is C25H16Cl2F3NO5. The van der Waals surface area contributed by atoms with Crippen molar-refractivity contribution in [3.8, 4) is 17.2 Å². The van der Waals surface area contributed by atoms with Gasteiger partial charge in [0.25, 0.3) is 11.7 Å². The Morgan fingerprint density at radius 2 is 1.81 bits per heavy atom. The minimum Gasteiger partial charge on any atom is -0.484 e. The molecule has 6 nitrogen and oxygen atoms in total. The van der Waals surface area contributed by atoms with Crippen molar-refractivity contribution in [3.05, 3.63) is 92.3 Å². The van der Waals surface area contributed by atoms with Gasteiger partial charge in [-0.25, -0.2) is 0 Å². The van der Waals surface area contributed by atoms with Crippen molar-refractivity contribution in [2.24, 2.45) is 0 Å². The van der Waals surface area contributed by atoms with Gasteiger partial charge in [0.05, 0.1) is 10.4 Å². The molecule has 0 aliphatic heterocycles. The molecule has 1 N–H and O–H groups in total. The zero-order chi connectivity index (χ0) is 26.0. The van der Waals surface area contributed by atoms with Crippen LogP contribution in [0.1, 0.15) is 11.3 Å². The molecule has 0 aliphatic carbocycles. The second-order valence-corrected chi connectivity index (χ2v) is 8.42. The summed E-state index contributed by atoms with van der Waals surface area (Å²) in [5.41, 5.74) is -0.188. The highest BCUT2D eigenvalue weighted by Crippen LogP contribution is 2.39. The molecule has 36 heavy (non-hydrogen) atoms. The number of hydrogen-bond donors (Lipinski definition) is 1. The Hall–Kier alpha value is -3.69. The monoisotopic (exact) mass is 537 g/mol. The lowest BCUT2D eigenvalue weighted by Crippen LogP contribution is -2.20. The van der Waals surface area contributed by atoms with Crippen molar-refractivity contribution in [2.45, 2.75) is 13.1 Å². The van der Waals surface area contributed by atoms with Crippen LogP contribution in [0.15, 0.2) is 69.9 Å². The molecule has 0 radical (unpaired) electrons.